The normalized spacial score (nSPS) is 10.7. The summed E-state index contributed by atoms with van der Waals surface area (Å²) in [6.07, 6.45) is 1.65. The third-order valence-corrected chi connectivity index (χ3v) is 5.11. The van der Waals surface area contributed by atoms with Crippen LogP contribution in [-0.4, -0.2) is 10.8 Å². The van der Waals surface area contributed by atoms with Crippen molar-refractivity contribution in [3.05, 3.63) is 75.3 Å². The first-order valence-corrected chi connectivity index (χ1v) is 8.68. The summed E-state index contributed by atoms with van der Waals surface area (Å²) in [6.45, 7) is 8.22. The van der Waals surface area contributed by atoms with Gasteiger partial charge in [-0.25, -0.2) is 4.98 Å². The molecule has 0 fully saturated rings. The monoisotopic (exact) mass is 336 g/mol. The van der Waals surface area contributed by atoms with Crippen molar-refractivity contribution in [1.82, 2.24) is 4.98 Å². The van der Waals surface area contributed by atoms with Crippen LogP contribution < -0.4 is 5.32 Å². The number of aryl methyl sites for hydroxylation is 4. The predicted molar refractivity (Wildman–Crippen MR) is 101 cm³/mol. The summed E-state index contributed by atoms with van der Waals surface area (Å²) in [4.78, 5) is 17.7. The van der Waals surface area contributed by atoms with E-state index in [2.05, 4.69) is 43.2 Å². The van der Waals surface area contributed by atoms with Gasteiger partial charge in [0.15, 0.2) is 5.13 Å². The van der Waals surface area contributed by atoms with Crippen LogP contribution in [0.4, 0.5) is 10.8 Å². The van der Waals surface area contributed by atoms with Crippen LogP contribution in [0.1, 0.15) is 37.5 Å². The number of rotatable bonds is 4. The lowest BCUT2D eigenvalue weighted by atomic mass is 10.0. The molecule has 4 heteroatoms. The molecule has 0 spiro atoms. The summed E-state index contributed by atoms with van der Waals surface area (Å²) in [5.74, 6) is 0.0236. The van der Waals surface area contributed by atoms with E-state index in [0.29, 0.717) is 4.88 Å². The molecule has 24 heavy (non-hydrogen) atoms. The number of hydrogen-bond acceptors (Lipinski definition) is 4. The van der Waals surface area contributed by atoms with Crippen LogP contribution in [0.2, 0.25) is 0 Å². The Labute approximate surface area is 146 Å². The summed E-state index contributed by atoms with van der Waals surface area (Å²) in [6, 6.07) is 11.9. The summed E-state index contributed by atoms with van der Waals surface area (Å²) in [5.41, 5.74) is 6.41. The molecule has 1 N–H and O–H groups in total. The fraction of sp³-hybridized carbons (Fsp3) is 0.200. The molecule has 3 aromatic rings. The van der Waals surface area contributed by atoms with E-state index in [1.807, 2.05) is 31.2 Å². The maximum atomic E-state index is 12.6. The zero-order chi connectivity index (χ0) is 17.3. The molecule has 0 atom stereocenters. The Bertz CT molecular complexity index is 912. The Kier molecular flexibility index (Phi) is 4.49. The highest BCUT2D eigenvalue weighted by Crippen LogP contribution is 2.28. The fourth-order valence-corrected chi connectivity index (χ4v) is 3.39. The summed E-state index contributed by atoms with van der Waals surface area (Å²) >= 11 is 1.39. The van der Waals surface area contributed by atoms with E-state index in [9.17, 15) is 4.79 Å². The minimum Gasteiger partial charge on any atom is -0.331 e. The molecule has 2 aromatic carbocycles. The first-order chi connectivity index (χ1) is 11.5. The first kappa shape index (κ1) is 16.4. The Balaban J connectivity index is 1.85. The molecule has 0 unspecified atom stereocenters. The van der Waals surface area contributed by atoms with E-state index in [-0.39, 0.29) is 5.78 Å². The second kappa shape index (κ2) is 6.57. The van der Waals surface area contributed by atoms with Crippen molar-refractivity contribution >= 4 is 27.9 Å². The fourth-order valence-electron chi connectivity index (χ4n) is 2.61. The molecule has 1 aromatic heterocycles. The molecule has 0 saturated carbocycles. The topological polar surface area (TPSA) is 42.0 Å². The van der Waals surface area contributed by atoms with E-state index in [1.165, 1.54) is 28.0 Å². The maximum Gasteiger partial charge on any atom is 0.204 e. The number of anilines is 2. The van der Waals surface area contributed by atoms with Gasteiger partial charge < -0.3 is 5.32 Å². The number of carbonyl (C=O) groups is 1. The van der Waals surface area contributed by atoms with Gasteiger partial charge in [0, 0.05) is 11.3 Å². The van der Waals surface area contributed by atoms with Gasteiger partial charge in [0.25, 0.3) is 0 Å². The highest BCUT2D eigenvalue weighted by Gasteiger charge is 2.15. The number of thiazole rings is 1. The number of hydrogen-bond donors (Lipinski definition) is 1. The largest absolute Gasteiger partial charge is 0.331 e. The molecule has 0 saturated heterocycles. The number of benzene rings is 2. The van der Waals surface area contributed by atoms with Gasteiger partial charge in [-0.1, -0.05) is 41.7 Å². The van der Waals surface area contributed by atoms with Gasteiger partial charge in [0.2, 0.25) is 5.78 Å². The van der Waals surface area contributed by atoms with Gasteiger partial charge in [-0.05, 0) is 56.0 Å². The molecule has 0 amide bonds. The zero-order valence-corrected chi connectivity index (χ0v) is 15.1. The average Bonchev–Trinajstić information content (AvgIpc) is 3.01. The lowest BCUT2D eigenvalue weighted by molar-refractivity contribution is 0.104. The van der Waals surface area contributed by atoms with Gasteiger partial charge >= 0.3 is 0 Å². The number of aromatic nitrogens is 1. The Morgan fingerprint density at radius 3 is 2.42 bits per heavy atom. The third-order valence-electron chi connectivity index (χ3n) is 4.20. The smallest absolute Gasteiger partial charge is 0.204 e. The molecule has 0 aliphatic rings. The van der Waals surface area contributed by atoms with Crippen LogP contribution in [0.5, 0.6) is 0 Å². The molecule has 0 bridgehead atoms. The predicted octanol–water partition coefficient (Wildman–Crippen LogP) is 5.35. The molecule has 3 rings (SSSR count). The van der Waals surface area contributed by atoms with E-state index in [0.717, 1.165) is 21.9 Å². The van der Waals surface area contributed by atoms with Crippen molar-refractivity contribution in [2.24, 2.45) is 0 Å². The minimum atomic E-state index is 0.0236. The molecule has 3 nitrogen and oxygen atoms in total. The van der Waals surface area contributed by atoms with Crippen molar-refractivity contribution in [2.75, 3.05) is 5.32 Å². The van der Waals surface area contributed by atoms with Crippen molar-refractivity contribution in [2.45, 2.75) is 27.7 Å². The highest BCUT2D eigenvalue weighted by atomic mass is 32.1. The van der Waals surface area contributed by atoms with Gasteiger partial charge in [0.1, 0.15) is 0 Å². The highest BCUT2D eigenvalue weighted by molar-refractivity contribution is 7.17. The van der Waals surface area contributed by atoms with E-state index >= 15 is 0 Å². The number of carbonyl (C=O) groups excluding carboxylic acids is 1. The van der Waals surface area contributed by atoms with Crippen LogP contribution in [-0.2, 0) is 0 Å². The third kappa shape index (κ3) is 3.24. The number of nitrogens with one attached hydrogen (secondary N) is 1. The Morgan fingerprint density at radius 1 is 0.958 bits per heavy atom. The number of ketones is 1. The van der Waals surface area contributed by atoms with Gasteiger partial charge in [0.05, 0.1) is 11.1 Å². The molecule has 122 valence electrons. The summed E-state index contributed by atoms with van der Waals surface area (Å²) in [7, 11) is 0. The van der Waals surface area contributed by atoms with Crippen molar-refractivity contribution in [3.63, 3.8) is 0 Å². The second-order valence-corrected chi connectivity index (χ2v) is 7.08. The van der Waals surface area contributed by atoms with Crippen LogP contribution in [0.15, 0.2) is 42.6 Å². The molecule has 0 aliphatic carbocycles. The Morgan fingerprint density at radius 2 is 1.67 bits per heavy atom. The first-order valence-electron chi connectivity index (χ1n) is 7.86. The van der Waals surface area contributed by atoms with Crippen molar-refractivity contribution in [3.8, 4) is 0 Å². The quantitative estimate of drug-likeness (QED) is 0.653. The summed E-state index contributed by atoms with van der Waals surface area (Å²) < 4.78 is 0. The lowest BCUT2D eigenvalue weighted by Gasteiger charge is -2.10. The summed E-state index contributed by atoms with van der Waals surface area (Å²) in [5, 5.41) is 4.07. The van der Waals surface area contributed by atoms with E-state index in [4.69, 9.17) is 0 Å². The molecule has 0 radical (unpaired) electrons. The Hall–Kier alpha value is -2.46. The van der Waals surface area contributed by atoms with Gasteiger partial charge in [-0.3, -0.25) is 4.79 Å². The molecule has 1 heterocycles. The molecule has 0 aliphatic heterocycles. The van der Waals surface area contributed by atoms with E-state index in [1.54, 1.807) is 6.20 Å². The van der Waals surface area contributed by atoms with Crippen molar-refractivity contribution in [1.29, 1.82) is 0 Å². The molecular weight excluding hydrogens is 316 g/mol. The van der Waals surface area contributed by atoms with Crippen LogP contribution in [0, 0.1) is 27.7 Å². The molecular formula is C20H20N2OS. The second-order valence-electron chi connectivity index (χ2n) is 6.05. The minimum absolute atomic E-state index is 0.0236. The van der Waals surface area contributed by atoms with Gasteiger partial charge in [-0.2, -0.15) is 0 Å². The SMILES string of the molecule is Cc1cc(C)c(Nc2ncc(C(=O)c3ccccc3C)s2)cc1C. The van der Waals surface area contributed by atoms with Gasteiger partial charge in [-0.15, -0.1) is 0 Å². The van der Waals surface area contributed by atoms with Crippen molar-refractivity contribution < 1.29 is 4.79 Å². The maximum absolute atomic E-state index is 12.6. The van der Waals surface area contributed by atoms with Crippen LogP contribution in [0.25, 0.3) is 0 Å². The standard InChI is InChI=1S/C20H20N2OS/c1-12-7-5-6-8-16(12)19(23)18-11-21-20(24-18)22-17-10-14(3)13(2)9-15(17)4/h5-11H,1-4H3,(H,21,22). The van der Waals surface area contributed by atoms with Crippen LogP contribution in [0.3, 0.4) is 0 Å². The van der Waals surface area contributed by atoms with Crippen LogP contribution >= 0.6 is 11.3 Å². The zero-order valence-electron chi connectivity index (χ0n) is 14.3. The lowest BCUT2D eigenvalue weighted by Crippen LogP contribution is -2.00. The van der Waals surface area contributed by atoms with E-state index < -0.39 is 0 Å². The number of nitrogens with zero attached hydrogens (tertiary/aromatic N) is 1. The average molecular weight is 336 g/mol.